The lowest BCUT2D eigenvalue weighted by atomic mass is 9.83. The average molecular weight is 363 g/mol. The maximum absolute atomic E-state index is 5.68. The van der Waals surface area contributed by atoms with Crippen LogP contribution in [0.15, 0.2) is 18.5 Å². The summed E-state index contributed by atoms with van der Waals surface area (Å²) in [6.45, 7) is 3.31. The summed E-state index contributed by atoms with van der Waals surface area (Å²) in [6, 6.07) is 2.81. The van der Waals surface area contributed by atoms with Gasteiger partial charge in [-0.05, 0) is 62.6 Å². The van der Waals surface area contributed by atoms with Gasteiger partial charge in [-0.25, -0.2) is 19.9 Å². The number of nitrogens with one attached hydrogen (secondary N) is 1. The first-order valence-corrected chi connectivity index (χ1v) is 10.2. The standard InChI is InChI=1S/C20H25N7/c21-19-23-8-14(9-24-19)16-5-17(18-12-1-2-13(18)7-22-6-12)26-20(25-16)27-10-11-3-15(27)4-11/h5,8-9,11-13,15,18,22H,1-4,6-7,10H2,(H2,21,23,24). The quantitative estimate of drug-likeness (QED) is 0.859. The smallest absolute Gasteiger partial charge is 0.226 e. The second kappa shape index (κ2) is 5.86. The molecule has 3 saturated heterocycles. The molecule has 2 unspecified atom stereocenters. The Morgan fingerprint density at radius 1 is 1.04 bits per heavy atom. The number of hydrogen-bond donors (Lipinski definition) is 2. The van der Waals surface area contributed by atoms with E-state index < -0.39 is 0 Å². The molecule has 7 nitrogen and oxygen atoms in total. The molecule has 4 bridgehead atoms. The Hall–Kier alpha value is -2.28. The predicted molar refractivity (Wildman–Crippen MR) is 103 cm³/mol. The molecule has 3 aliphatic heterocycles. The molecule has 0 amide bonds. The van der Waals surface area contributed by atoms with E-state index in [0.717, 1.165) is 42.8 Å². The third kappa shape index (κ3) is 2.51. The van der Waals surface area contributed by atoms with Crippen LogP contribution in [-0.2, 0) is 0 Å². The number of rotatable bonds is 3. The van der Waals surface area contributed by atoms with E-state index in [4.69, 9.17) is 15.7 Å². The van der Waals surface area contributed by atoms with Crippen molar-refractivity contribution in [1.29, 1.82) is 0 Å². The molecule has 2 aromatic heterocycles. The maximum Gasteiger partial charge on any atom is 0.226 e. The van der Waals surface area contributed by atoms with Crippen LogP contribution < -0.4 is 16.0 Å². The minimum Gasteiger partial charge on any atom is -0.368 e. The summed E-state index contributed by atoms with van der Waals surface area (Å²) in [5.41, 5.74) is 8.74. The Bertz CT molecular complexity index is 845. The second-order valence-electron chi connectivity index (χ2n) is 8.73. The average Bonchev–Trinajstić information content (AvgIpc) is 3.33. The molecule has 27 heavy (non-hydrogen) atoms. The zero-order chi connectivity index (χ0) is 18.0. The zero-order valence-electron chi connectivity index (χ0n) is 15.4. The number of nitrogens with zero attached hydrogens (tertiary/aromatic N) is 5. The molecule has 7 heteroatoms. The molecular weight excluding hydrogens is 338 g/mol. The molecule has 5 aliphatic rings. The van der Waals surface area contributed by atoms with E-state index in [-0.39, 0.29) is 0 Å². The van der Waals surface area contributed by atoms with Crippen LogP contribution in [-0.4, -0.2) is 45.6 Å². The first-order valence-electron chi connectivity index (χ1n) is 10.2. The van der Waals surface area contributed by atoms with Crippen molar-refractivity contribution in [3.05, 3.63) is 24.2 Å². The normalized spacial score (nSPS) is 33.9. The van der Waals surface area contributed by atoms with Crippen LogP contribution >= 0.6 is 0 Å². The molecule has 0 spiro atoms. The molecule has 140 valence electrons. The van der Waals surface area contributed by atoms with Crippen molar-refractivity contribution in [2.75, 3.05) is 30.3 Å². The van der Waals surface area contributed by atoms with E-state index in [9.17, 15) is 0 Å². The van der Waals surface area contributed by atoms with Gasteiger partial charge in [-0.15, -0.1) is 0 Å². The summed E-state index contributed by atoms with van der Waals surface area (Å²) < 4.78 is 0. The molecular formula is C20H25N7. The van der Waals surface area contributed by atoms with Gasteiger partial charge in [0.1, 0.15) is 0 Å². The Balaban J connectivity index is 1.44. The minimum atomic E-state index is 0.296. The third-order valence-corrected chi connectivity index (χ3v) is 7.14. The van der Waals surface area contributed by atoms with Crippen molar-refractivity contribution < 1.29 is 0 Å². The summed E-state index contributed by atoms with van der Waals surface area (Å²) in [7, 11) is 0. The van der Waals surface area contributed by atoms with E-state index >= 15 is 0 Å². The van der Waals surface area contributed by atoms with Gasteiger partial charge in [0.15, 0.2) is 0 Å². The molecule has 7 rings (SSSR count). The first kappa shape index (κ1) is 15.7. The van der Waals surface area contributed by atoms with E-state index in [1.807, 2.05) is 0 Å². The van der Waals surface area contributed by atoms with E-state index in [0.29, 0.717) is 29.7 Å². The van der Waals surface area contributed by atoms with Crippen LogP contribution in [0.5, 0.6) is 0 Å². The number of piperidine rings is 1. The Kier molecular flexibility index (Phi) is 3.42. The number of nitrogen functional groups attached to an aromatic ring is 1. The van der Waals surface area contributed by atoms with Gasteiger partial charge in [0.2, 0.25) is 11.9 Å². The van der Waals surface area contributed by atoms with Crippen LogP contribution in [0.2, 0.25) is 0 Å². The van der Waals surface area contributed by atoms with Crippen LogP contribution in [0.4, 0.5) is 11.9 Å². The number of fused-ring (bicyclic) bond motifs is 3. The monoisotopic (exact) mass is 363 g/mol. The Morgan fingerprint density at radius 2 is 1.78 bits per heavy atom. The van der Waals surface area contributed by atoms with Gasteiger partial charge >= 0.3 is 0 Å². The van der Waals surface area contributed by atoms with Crippen molar-refractivity contribution in [1.82, 2.24) is 25.3 Å². The van der Waals surface area contributed by atoms with Crippen molar-refractivity contribution >= 4 is 11.9 Å². The highest BCUT2D eigenvalue weighted by atomic mass is 15.3. The van der Waals surface area contributed by atoms with Crippen LogP contribution in [0, 0.1) is 17.8 Å². The lowest BCUT2D eigenvalue weighted by molar-refractivity contribution is 0.317. The highest BCUT2D eigenvalue weighted by Crippen LogP contribution is 2.47. The van der Waals surface area contributed by atoms with Gasteiger partial charge in [-0.3, -0.25) is 0 Å². The summed E-state index contributed by atoms with van der Waals surface area (Å²) >= 11 is 0. The maximum atomic E-state index is 5.68. The molecule has 0 aromatic carbocycles. The number of nitrogens with two attached hydrogens (primary N) is 1. The highest BCUT2D eigenvalue weighted by molar-refractivity contribution is 5.60. The van der Waals surface area contributed by atoms with E-state index in [2.05, 4.69) is 26.3 Å². The van der Waals surface area contributed by atoms with Crippen LogP contribution in [0.1, 0.15) is 37.3 Å². The summed E-state index contributed by atoms with van der Waals surface area (Å²) in [4.78, 5) is 20.8. The number of hydrogen-bond acceptors (Lipinski definition) is 7. The molecule has 0 radical (unpaired) electrons. The van der Waals surface area contributed by atoms with Crippen LogP contribution in [0.25, 0.3) is 11.3 Å². The van der Waals surface area contributed by atoms with Crippen molar-refractivity contribution in [2.24, 2.45) is 17.8 Å². The fraction of sp³-hybridized carbons (Fsp3) is 0.600. The third-order valence-electron chi connectivity index (χ3n) is 7.14. The van der Waals surface area contributed by atoms with Crippen molar-refractivity contribution in [2.45, 2.75) is 37.6 Å². The lowest BCUT2D eigenvalue weighted by Crippen LogP contribution is -2.37. The van der Waals surface area contributed by atoms with E-state index in [1.54, 1.807) is 12.4 Å². The zero-order valence-corrected chi connectivity index (χ0v) is 15.4. The fourth-order valence-electron chi connectivity index (χ4n) is 5.71. The van der Waals surface area contributed by atoms with Gasteiger partial charge in [0.05, 0.1) is 11.4 Å². The summed E-state index contributed by atoms with van der Waals surface area (Å²) in [6.07, 6.45) is 8.75. The molecule has 2 aliphatic carbocycles. The molecule has 5 fully saturated rings. The van der Waals surface area contributed by atoms with Gasteiger partial charge < -0.3 is 16.0 Å². The lowest BCUT2D eigenvalue weighted by Gasteiger charge is -2.32. The summed E-state index contributed by atoms with van der Waals surface area (Å²) in [5.74, 6) is 3.95. The number of aromatic nitrogens is 4. The Labute approximate surface area is 158 Å². The second-order valence-corrected chi connectivity index (χ2v) is 8.73. The largest absolute Gasteiger partial charge is 0.368 e. The SMILES string of the molecule is Nc1ncc(-c2cc(C3C4CCC3CNC4)nc(N3CC4CC3C4)n2)cn1. The van der Waals surface area contributed by atoms with Crippen LogP contribution in [0.3, 0.4) is 0 Å². The highest BCUT2D eigenvalue weighted by Gasteiger charge is 2.45. The molecule has 2 atom stereocenters. The van der Waals surface area contributed by atoms with Gasteiger partial charge in [0.25, 0.3) is 0 Å². The summed E-state index contributed by atoms with van der Waals surface area (Å²) in [5, 5.41) is 3.59. The van der Waals surface area contributed by atoms with Crippen molar-refractivity contribution in [3.8, 4) is 11.3 Å². The van der Waals surface area contributed by atoms with Gasteiger partial charge in [-0.2, -0.15) is 0 Å². The molecule has 5 heterocycles. The first-order chi connectivity index (χ1) is 13.2. The van der Waals surface area contributed by atoms with Gasteiger partial charge in [0, 0.05) is 36.5 Å². The van der Waals surface area contributed by atoms with Crippen molar-refractivity contribution in [3.63, 3.8) is 0 Å². The van der Waals surface area contributed by atoms with Gasteiger partial charge in [-0.1, -0.05) is 0 Å². The van der Waals surface area contributed by atoms with E-state index in [1.165, 1.54) is 31.4 Å². The molecule has 2 aromatic rings. The number of anilines is 2. The Morgan fingerprint density at radius 3 is 2.44 bits per heavy atom. The fourth-order valence-corrected chi connectivity index (χ4v) is 5.71. The molecule has 3 N–H and O–H groups in total. The topological polar surface area (TPSA) is 92.8 Å². The predicted octanol–water partition coefficient (Wildman–Crippen LogP) is 1.83. The minimum absolute atomic E-state index is 0.296. The molecule has 2 saturated carbocycles.